The lowest BCUT2D eigenvalue weighted by Crippen LogP contribution is -2.64. The summed E-state index contributed by atoms with van der Waals surface area (Å²) < 4.78 is 33.5. The van der Waals surface area contributed by atoms with Crippen molar-refractivity contribution in [1.82, 2.24) is 39.8 Å². The topological polar surface area (TPSA) is 169 Å². The summed E-state index contributed by atoms with van der Waals surface area (Å²) in [5.41, 5.74) is 2.25. The van der Waals surface area contributed by atoms with E-state index in [0.29, 0.717) is 18.8 Å². The molecule has 15 heteroatoms. The highest BCUT2D eigenvalue weighted by atomic mass is 19.4. The standard InChI is InChI=1S/C18H15N9O.C2HF3O2/c19-4-3-18(9-26(10-18)17(28)14-2-6-23-25-14)27-8-12(7-24-27)15-13-1-5-20-16(13)22-11-21-15;3-2(4,5)1(6)7/h1-2,5-8,11H,3,9-10H2,(H,23,25)(H,20,21,22);(H,6,7). The number of aliphatic carboxylic acids is 1. The number of carbonyl (C=O) groups is 2. The van der Waals surface area contributed by atoms with Crippen molar-refractivity contribution in [2.45, 2.75) is 18.1 Å². The van der Waals surface area contributed by atoms with Crippen LogP contribution in [-0.4, -0.2) is 76.1 Å². The third-order valence-electron chi connectivity index (χ3n) is 5.34. The summed E-state index contributed by atoms with van der Waals surface area (Å²) in [4.78, 5) is 34.7. The van der Waals surface area contributed by atoms with Crippen LogP contribution in [0.25, 0.3) is 22.3 Å². The van der Waals surface area contributed by atoms with Gasteiger partial charge in [0.1, 0.15) is 23.2 Å². The van der Waals surface area contributed by atoms with Crippen LogP contribution in [0.3, 0.4) is 0 Å². The molecule has 1 aliphatic rings. The summed E-state index contributed by atoms with van der Waals surface area (Å²) in [6.07, 6.45) is 3.64. The van der Waals surface area contributed by atoms with Gasteiger partial charge in [0.2, 0.25) is 0 Å². The Morgan fingerprint density at radius 2 is 2.00 bits per heavy atom. The number of aromatic amines is 2. The Labute approximate surface area is 194 Å². The Bertz CT molecular complexity index is 1400. The van der Waals surface area contributed by atoms with E-state index in [0.717, 1.165) is 22.3 Å². The molecule has 5 rings (SSSR count). The molecule has 4 aromatic heterocycles. The van der Waals surface area contributed by atoms with E-state index in [1.54, 1.807) is 28.0 Å². The van der Waals surface area contributed by atoms with Gasteiger partial charge in [0.15, 0.2) is 0 Å². The normalized spacial score (nSPS) is 14.5. The molecule has 35 heavy (non-hydrogen) atoms. The molecule has 1 amide bonds. The second-order valence-corrected chi connectivity index (χ2v) is 7.63. The maximum Gasteiger partial charge on any atom is 0.490 e. The van der Waals surface area contributed by atoms with Crippen LogP contribution >= 0.6 is 0 Å². The van der Waals surface area contributed by atoms with Gasteiger partial charge in [-0.05, 0) is 12.1 Å². The molecule has 4 aromatic rings. The highest BCUT2D eigenvalue weighted by Crippen LogP contribution is 2.34. The number of halogens is 3. The number of alkyl halides is 3. The summed E-state index contributed by atoms with van der Waals surface area (Å²) in [5.74, 6) is -2.89. The van der Waals surface area contributed by atoms with Gasteiger partial charge in [-0.15, -0.1) is 0 Å². The number of nitrogens with zero attached hydrogens (tertiary/aromatic N) is 7. The number of fused-ring (bicyclic) bond motifs is 1. The monoisotopic (exact) mass is 487 g/mol. The van der Waals surface area contributed by atoms with Crippen molar-refractivity contribution in [3.63, 3.8) is 0 Å². The third-order valence-corrected chi connectivity index (χ3v) is 5.34. The molecule has 3 N–H and O–H groups in total. The SMILES string of the molecule is N#CCC1(n2cc(-c3ncnc4[nH]ccc34)cn2)CN(C(=O)c2ccn[nH]2)C1.O=C(O)C(F)(F)F. The van der Waals surface area contributed by atoms with Crippen LogP contribution in [0.2, 0.25) is 0 Å². The summed E-state index contributed by atoms with van der Waals surface area (Å²) in [6, 6.07) is 5.78. The lowest BCUT2D eigenvalue weighted by atomic mass is 9.86. The molecule has 0 saturated carbocycles. The summed E-state index contributed by atoms with van der Waals surface area (Å²) >= 11 is 0. The number of H-pyrrole nitrogens is 2. The molecular formula is C20H16F3N9O3. The van der Waals surface area contributed by atoms with E-state index in [1.165, 1.54) is 6.33 Å². The zero-order valence-corrected chi connectivity index (χ0v) is 17.7. The molecule has 1 fully saturated rings. The summed E-state index contributed by atoms with van der Waals surface area (Å²) in [6.45, 7) is 0.811. The number of rotatable bonds is 4. The lowest BCUT2D eigenvalue weighted by Gasteiger charge is -2.48. The third kappa shape index (κ3) is 4.53. The van der Waals surface area contributed by atoms with Crippen LogP contribution in [0.15, 0.2) is 43.2 Å². The Morgan fingerprint density at radius 1 is 1.26 bits per heavy atom. The van der Waals surface area contributed by atoms with E-state index < -0.39 is 17.7 Å². The van der Waals surface area contributed by atoms with Gasteiger partial charge in [-0.2, -0.15) is 28.6 Å². The van der Waals surface area contributed by atoms with Gasteiger partial charge in [0, 0.05) is 42.6 Å². The molecule has 1 saturated heterocycles. The van der Waals surface area contributed by atoms with Crippen LogP contribution in [0.4, 0.5) is 13.2 Å². The largest absolute Gasteiger partial charge is 0.490 e. The predicted molar refractivity (Wildman–Crippen MR) is 111 cm³/mol. The van der Waals surface area contributed by atoms with E-state index in [4.69, 9.17) is 9.90 Å². The molecular weight excluding hydrogens is 471 g/mol. The first-order valence-electron chi connectivity index (χ1n) is 9.94. The van der Waals surface area contributed by atoms with Crippen molar-refractivity contribution < 1.29 is 27.9 Å². The fraction of sp³-hybridized carbons (Fsp3) is 0.250. The molecule has 5 heterocycles. The van der Waals surface area contributed by atoms with Gasteiger partial charge in [-0.1, -0.05) is 0 Å². The zero-order valence-electron chi connectivity index (χ0n) is 17.7. The second kappa shape index (κ2) is 8.89. The average Bonchev–Trinajstić information content (AvgIpc) is 3.56. The number of likely N-dealkylation sites (tertiary alicyclic amines) is 1. The first-order valence-corrected chi connectivity index (χ1v) is 9.94. The Hall–Kier alpha value is -4.74. The van der Waals surface area contributed by atoms with Crippen molar-refractivity contribution in [3.05, 3.63) is 48.9 Å². The molecule has 0 radical (unpaired) electrons. The predicted octanol–water partition coefficient (Wildman–Crippen LogP) is 1.94. The molecule has 1 aliphatic heterocycles. The van der Waals surface area contributed by atoms with E-state index >= 15 is 0 Å². The molecule has 0 aliphatic carbocycles. The first kappa shape index (κ1) is 23.4. The number of carboxylic acids is 1. The van der Waals surface area contributed by atoms with E-state index in [9.17, 15) is 23.2 Å². The fourth-order valence-corrected chi connectivity index (χ4v) is 3.64. The molecule has 180 valence electrons. The van der Waals surface area contributed by atoms with Crippen LogP contribution in [-0.2, 0) is 10.3 Å². The van der Waals surface area contributed by atoms with E-state index in [1.807, 2.05) is 18.5 Å². The van der Waals surface area contributed by atoms with Crippen LogP contribution in [0.1, 0.15) is 16.9 Å². The number of aromatic nitrogens is 7. The molecule has 0 unspecified atom stereocenters. The number of hydrogen-bond donors (Lipinski definition) is 3. The van der Waals surface area contributed by atoms with Crippen LogP contribution < -0.4 is 0 Å². The van der Waals surface area contributed by atoms with Gasteiger partial charge in [0.05, 0.1) is 24.4 Å². The Balaban J connectivity index is 0.000000364. The fourth-order valence-electron chi connectivity index (χ4n) is 3.64. The number of nitriles is 1. The minimum absolute atomic E-state index is 0.136. The number of hydrogen-bond acceptors (Lipinski definition) is 7. The highest BCUT2D eigenvalue weighted by molar-refractivity contribution is 5.93. The van der Waals surface area contributed by atoms with Gasteiger partial charge >= 0.3 is 12.1 Å². The van der Waals surface area contributed by atoms with Gasteiger partial charge in [-0.3, -0.25) is 14.6 Å². The Kier molecular flexibility index (Phi) is 5.95. The average molecular weight is 487 g/mol. The van der Waals surface area contributed by atoms with Crippen molar-refractivity contribution in [2.75, 3.05) is 13.1 Å². The lowest BCUT2D eigenvalue weighted by molar-refractivity contribution is -0.192. The number of carboxylic acid groups (broad SMARTS) is 1. The van der Waals surface area contributed by atoms with Crippen molar-refractivity contribution >= 4 is 22.9 Å². The molecule has 0 spiro atoms. The maximum atomic E-state index is 12.5. The van der Waals surface area contributed by atoms with Gasteiger partial charge in [0.25, 0.3) is 5.91 Å². The van der Waals surface area contributed by atoms with Crippen LogP contribution in [0, 0.1) is 11.3 Å². The van der Waals surface area contributed by atoms with E-state index in [2.05, 4.69) is 36.3 Å². The van der Waals surface area contributed by atoms with Crippen molar-refractivity contribution in [1.29, 1.82) is 5.26 Å². The molecule has 12 nitrogen and oxygen atoms in total. The van der Waals surface area contributed by atoms with Crippen molar-refractivity contribution in [3.8, 4) is 17.3 Å². The molecule has 0 bridgehead atoms. The maximum absolute atomic E-state index is 12.5. The van der Waals surface area contributed by atoms with E-state index in [-0.39, 0.29) is 12.3 Å². The first-order chi connectivity index (χ1) is 16.6. The summed E-state index contributed by atoms with van der Waals surface area (Å²) in [7, 11) is 0. The van der Waals surface area contributed by atoms with Gasteiger partial charge in [-0.25, -0.2) is 14.8 Å². The zero-order chi connectivity index (χ0) is 25.2. The van der Waals surface area contributed by atoms with Gasteiger partial charge < -0.3 is 15.0 Å². The summed E-state index contributed by atoms with van der Waals surface area (Å²) in [5, 5.41) is 28.4. The molecule has 0 aromatic carbocycles. The Morgan fingerprint density at radius 3 is 2.63 bits per heavy atom. The quantitative estimate of drug-likeness (QED) is 0.392. The van der Waals surface area contributed by atoms with Crippen LogP contribution in [0.5, 0.6) is 0 Å². The minimum Gasteiger partial charge on any atom is -0.475 e. The number of carbonyl (C=O) groups excluding carboxylic acids is 1. The van der Waals surface area contributed by atoms with Crippen molar-refractivity contribution in [2.24, 2.45) is 0 Å². The number of nitrogens with one attached hydrogen (secondary N) is 2. The second-order valence-electron chi connectivity index (χ2n) is 7.63. The highest BCUT2D eigenvalue weighted by Gasteiger charge is 2.48. The number of amides is 1. The minimum atomic E-state index is -5.08. The molecule has 0 atom stereocenters. The smallest absolute Gasteiger partial charge is 0.475 e.